The van der Waals surface area contributed by atoms with Crippen molar-refractivity contribution >= 4 is 50.7 Å². The van der Waals surface area contributed by atoms with E-state index in [-0.39, 0.29) is 39.1 Å². The van der Waals surface area contributed by atoms with E-state index in [1.807, 2.05) is 38.1 Å². The summed E-state index contributed by atoms with van der Waals surface area (Å²) in [5.74, 6) is -0.767. The van der Waals surface area contributed by atoms with Gasteiger partial charge in [0.05, 0.1) is 15.6 Å². The number of rotatable bonds is 11. The molecule has 0 saturated heterocycles. The van der Waals surface area contributed by atoms with E-state index in [1.54, 1.807) is 24.3 Å². The molecule has 1 atom stereocenters. The van der Waals surface area contributed by atoms with Gasteiger partial charge in [-0.2, -0.15) is 0 Å². The fourth-order valence-electron chi connectivity index (χ4n) is 5.17. The molecule has 0 unspecified atom stereocenters. The zero-order valence-corrected chi connectivity index (χ0v) is 25.6. The molecule has 3 aromatic carbocycles. The number of sulfonamides is 1. The fraction of sp³-hybridized carbons (Fsp3) is 0.355. The Hall–Kier alpha value is -3.07. The summed E-state index contributed by atoms with van der Waals surface area (Å²) in [6, 6.07) is 19.2. The van der Waals surface area contributed by atoms with Gasteiger partial charge in [0.2, 0.25) is 11.8 Å². The molecule has 0 radical (unpaired) electrons. The molecule has 0 aliphatic heterocycles. The number of amides is 2. The van der Waals surface area contributed by atoms with E-state index in [9.17, 15) is 18.0 Å². The second kappa shape index (κ2) is 13.7. The van der Waals surface area contributed by atoms with Gasteiger partial charge in [-0.25, -0.2) is 8.42 Å². The first kappa shape index (κ1) is 30.9. The molecular weight excluding hydrogens is 581 g/mol. The van der Waals surface area contributed by atoms with Gasteiger partial charge >= 0.3 is 0 Å². The lowest BCUT2D eigenvalue weighted by molar-refractivity contribution is -0.140. The fourth-order valence-corrected chi connectivity index (χ4v) is 7.05. The van der Waals surface area contributed by atoms with E-state index in [0.29, 0.717) is 6.42 Å². The highest BCUT2D eigenvalue weighted by Gasteiger charge is 2.35. The molecule has 10 heteroatoms. The standard InChI is InChI=1S/C31H35Cl2N3O4S/c1-3-28(31(38)34-25-13-9-10-14-25)35(20-23-12-8-7-11-22(23)2)30(37)21-36(29-19-24(32)17-18-27(29)33)41(39,40)26-15-5-4-6-16-26/h4-8,11-12,15-19,25,28H,3,9-10,13-14,20-21H2,1-2H3,(H,34,38)/t28-/m0/s1. The third-order valence-corrected chi connectivity index (χ3v) is 9.81. The number of nitrogens with zero attached hydrogens (tertiary/aromatic N) is 2. The molecule has 4 rings (SSSR count). The van der Waals surface area contributed by atoms with Crippen molar-refractivity contribution in [3.63, 3.8) is 0 Å². The van der Waals surface area contributed by atoms with Crippen molar-refractivity contribution in [3.8, 4) is 0 Å². The van der Waals surface area contributed by atoms with Gasteiger partial charge in [0.1, 0.15) is 12.6 Å². The summed E-state index contributed by atoms with van der Waals surface area (Å²) in [7, 11) is -4.23. The van der Waals surface area contributed by atoms with Crippen LogP contribution in [0.1, 0.15) is 50.2 Å². The van der Waals surface area contributed by atoms with Gasteiger partial charge in [0.15, 0.2) is 0 Å². The van der Waals surface area contributed by atoms with Gasteiger partial charge in [-0.05, 0) is 67.6 Å². The van der Waals surface area contributed by atoms with Gasteiger partial charge in [-0.1, -0.05) is 85.4 Å². The Morgan fingerprint density at radius 2 is 1.63 bits per heavy atom. The molecule has 2 amide bonds. The Balaban J connectivity index is 1.75. The average Bonchev–Trinajstić information content (AvgIpc) is 3.47. The molecular formula is C31H35Cl2N3O4S. The number of carbonyl (C=O) groups is 2. The minimum absolute atomic E-state index is 0.000291. The first-order valence-corrected chi connectivity index (χ1v) is 16.0. The lowest BCUT2D eigenvalue weighted by Gasteiger charge is -2.34. The van der Waals surface area contributed by atoms with Crippen LogP contribution >= 0.6 is 23.2 Å². The minimum Gasteiger partial charge on any atom is -0.352 e. The SMILES string of the molecule is CC[C@@H](C(=O)NC1CCCC1)N(Cc1ccccc1C)C(=O)CN(c1cc(Cl)ccc1Cl)S(=O)(=O)c1ccccc1. The highest BCUT2D eigenvalue weighted by molar-refractivity contribution is 7.92. The predicted octanol–water partition coefficient (Wildman–Crippen LogP) is 6.36. The quantitative estimate of drug-likeness (QED) is 0.272. The lowest BCUT2D eigenvalue weighted by Crippen LogP contribution is -2.53. The van der Waals surface area contributed by atoms with Crippen LogP contribution in [0.3, 0.4) is 0 Å². The average molecular weight is 617 g/mol. The van der Waals surface area contributed by atoms with E-state index in [2.05, 4.69) is 5.32 Å². The van der Waals surface area contributed by atoms with E-state index >= 15 is 0 Å². The predicted molar refractivity (Wildman–Crippen MR) is 164 cm³/mol. The molecule has 1 aliphatic rings. The van der Waals surface area contributed by atoms with Gasteiger partial charge in [-0.3, -0.25) is 13.9 Å². The number of nitrogens with one attached hydrogen (secondary N) is 1. The maximum Gasteiger partial charge on any atom is 0.264 e. The Bertz CT molecular complexity index is 1480. The van der Waals surface area contributed by atoms with E-state index < -0.39 is 28.5 Å². The molecule has 0 bridgehead atoms. The summed E-state index contributed by atoms with van der Waals surface area (Å²) in [6.45, 7) is 3.36. The number of benzene rings is 3. The summed E-state index contributed by atoms with van der Waals surface area (Å²) in [4.78, 5) is 29.3. The van der Waals surface area contributed by atoms with Crippen LogP contribution in [-0.4, -0.2) is 43.8 Å². The third-order valence-electron chi connectivity index (χ3n) is 7.48. The van der Waals surface area contributed by atoms with Crippen molar-refractivity contribution in [2.45, 2.75) is 69.5 Å². The van der Waals surface area contributed by atoms with Crippen LogP contribution in [-0.2, 0) is 26.2 Å². The number of anilines is 1. The van der Waals surface area contributed by atoms with Gasteiger partial charge in [-0.15, -0.1) is 0 Å². The van der Waals surface area contributed by atoms with Crippen molar-refractivity contribution < 1.29 is 18.0 Å². The molecule has 218 valence electrons. The van der Waals surface area contributed by atoms with Crippen LogP contribution in [0.15, 0.2) is 77.7 Å². The van der Waals surface area contributed by atoms with Crippen LogP contribution in [0, 0.1) is 6.92 Å². The van der Waals surface area contributed by atoms with E-state index in [4.69, 9.17) is 23.2 Å². The number of hydrogen-bond donors (Lipinski definition) is 1. The minimum atomic E-state index is -4.23. The zero-order chi connectivity index (χ0) is 29.6. The Morgan fingerprint density at radius 1 is 0.976 bits per heavy atom. The second-order valence-corrected chi connectivity index (χ2v) is 13.0. The Labute approximate surface area is 252 Å². The van der Waals surface area contributed by atoms with Gasteiger partial charge in [0, 0.05) is 17.6 Å². The van der Waals surface area contributed by atoms with Crippen LogP contribution in [0.4, 0.5) is 5.69 Å². The van der Waals surface area contributed by atoms with Crippen molar-refractivity contribution in [3.05, 3.63) is 94.0 Å². The van der Waals surface area contributed by atoms with Crippen LogP contribution in [0.5, 0.6) is 0 Å². The number of halogens is 2. The van der Waals surface area contributed by atoms with Crippen LogP contribution in [0.2, 0.25) is 10.0 Å². The zero-order valence-electron chi connectivity index (χ0n) is 23.2. The van der Waals surface area contributed by atoms with Crippen molar-refractivity contribution in [2.75, 3.05) is 10.8 Å². The third kappa shape index (κ3) is 7.42. The molecule has 41 heavy (non-hydrogen) atoms. The molecule has 1 fully saturated rings. The Kier molecular flexibility index (Phi) is 10.3. The molecule has 0 aromatic heterocycles. The first-order valence-electron chi connectivity index (χ1n) is 13.8. The summed E-state index contributed by atoms with van der Waals surface area (Å²) in [5.41, 5.74) is 1.91. The molecule has 1 saturated carbocycles. The lowest BCUT2D eigenvalue weighted by atomic mass is 10.1. The normalized spacial score (nSPS) is 14.4. The molecule has 1 N–H and O–H groups in total. The van der Waals surface area contributed by atoms with Crippen LogP contribution < -0.4 is 9.62 Å². The number of hydrogen-bond acceptors (Lipinski definition) is 4. The topological polar surface area (TPSA) is 86.8 Å². The van der Waals surface area contributed by atoms with E-state index in [1.165, 1.54) is 29.2 Å². The Morgan fingerprint density at radius 3 is 2.29 bits per heavy atom. The smallest absolute Gasteiger partial charge is 0.264 e. The molecule has 0 spiro atoms. The summed E-state index contributed by atoms with van der Waals surface area (Å²) in [5, 5.41) is 3.51. The molecule has 3 aromatic rings. The van der Waals surface area contributed by atoms with Gasteiger partial charge in [0.25, 0.3) is 10.0 Å². The molecule has 1 aliphatic carbocycles. The number of aryl methyl sites for hydroxylation is 1. The van der Waals surface area contributed by atoms with Crippen molar-refractivity contribution in [1.82, 2.24) is 10.2 Å². The highest BCUT2D eigenvalue weighted by atomic mass is 35.5. The molecule has 0 heterocycles. The van der Waals surface area contributed by atoms with E-state index in [0.717, 1.165) is 41.1 Å². The summed E-state index contributed by atoms with van der Waals surface area (Å²) >= 11 is 12.7. The van der Waals surface area contributed by atoms with Crippen molar-refractivity contribution in [2.24, 2.45) is 0 Å². The second-order valence-electron chi connectivity index (χ2n) is 10.3. The van der Waals surface area contributed by atoms with Gasteiger partial charge < -0.3 is 10.2 Å². The monoisotopic (exact) mass is 615 g/mol. The maximum absolute atomic E-state index is 14.2. The largest absolute Gasteiger partial charge is 0.352 e. The summed E-state index contributed by atoms with van der Waals surface area (Å²) in [6.07, 6.45) is 4.29. The first-order chi connectivity index (χ1) is 19.6. The maximum atomic E-state index is 14.2. The number of carbonyl (C=O) groups excluding carboxylic acids is 2. The highest BCUT2D eigenvalue weighted by Crippen LogP contribution is 2.33. The van der Waals surface area contributed by atoms with Crippen LogP contribution in [0.25, 0.3) is 0 Å². The summed E-state index contributed by atoms with van der Waals surface area (Å²) < 4.78 is 28.9. The molecule has 7 nitrogen and oxygen atoms in total. The van der Waals surface area contributed by atoms with Crippen molar-refractivity contribution in [1.29, 1.82) is 0 Å².